The van der Waals surface area contributed by atoms with Crippen LogP contribution in [-0.2, 0) is 0 Å². The second-order valence-corrected chi connectivity index (χ2v) is 5.21. The van der Waals surface area contributed by atoms with Crippen LogP contribution in [0.1, 0.15) is 44.0 Å². The highest BCUT2D eigenvalue weighted by Crippen LogP contribution is 2.18. The van der Waals surface area contributed by atoms with Crippen LogP contribution in [0, 0.1) is 5.82 Å². The molecule has 0 fully saturated rings. The highest BCUT2D eigenvalue weighted by Gasteiger charge is 2.14. The second-order valence-electron chi connectivity index (χ2n) is 5.21. The second kappa shape index (κ2) is 8.62. The summed E-state index contributed by atoms with van der Waals surface area (Å²) in [6.07, 6.45) is 1.86. The molecule has 0 aromatic heterocycles. The van der Waals surface area contributed by atoms with Crippen molar-refractivity contribution in [2.75, 3.05) is 19.6 Å². The van der Waals surface area contributed by atoms with Crippen molar-refractivity contribution in [3.63, 3.8) is 0 Å². The third-order valence-corrected chi connectivity index (χ3v) is 3.59. The summed E-state index contributed by atoms with van der Waals surface area (Å²) < 4.78 is 12.9. The SMILES string of the molecule is CCN(CC)CCCC(C)NC(=O)c1ccc(F)cc1O. The molecule has 0 heterocycles. The summed E-state index contributed by atoms with van der Waals surface area (Å²) in [5.41, 5.74) is 0.104. The van der Waals surface area contributed by atoms with Gasteiger partial charge in [-0.15, -0.1) is 0 Å². The highest BCUT2D eigenvalue weighted by atomic mass is 19.1. The average Bonchev–Trinajstić information content (AvgIpc) is 2.43. The first-order valence-electron chi connectivity index (χ1n) is 7.49. The van der Waals surface area contributed by atoms with E-state index in [9.17, 15) is 14.3 Å². The minimum Gasteiger partial charge on any atom is -0.507 e. The topological polar surface area (TPSA) is 52.6 Å². The van der Waals surface area contributed by atoms with Gasteiger partial charge >= 0.3 is 0 Å². The molecular weight excluding hydrogens is 271 g/mol. The number of carbonyl (C=O) groups is 1. The fourth-order valence-corrected chi connectivity index (χ4v) is 2.23. The number of hydrogen-bond acceptors (Lipinski definition) is 3. The van der Waals surface area contributed by atoms with Crippen LogP contribution in [0.4, 0.5) is 4.39 Å². The van der Waals surface area contributed by atoms with Crippen LogP contribution < -0.4 is 5.32 Å². The van der Waals surface area contributed by atoms with Crippen molar-refractivity contribution in [1.29, 1.82) is 0 Å². The van der Waals surface area contributed by atoms with Crippen molar-refractivity contribution >= 4 is 5.91 Å². The molecule has 0 aliphatic heterocycles. The standard InChI is InChI=1S/C16H25FN2O2/c1-4-19(5-2)10-6-7-12(3)18-16(21)14-9-8-13(17)11-15(14)20/h8-9,11-12,20H,4-7,10H2,1-3H3,(H,18,21). The molecule has 2 N–H and O–H groups in total. The Kier molecular flexibility index (Phi) is 7.15. The van der Waals surface area contributed by atoms with Crippen LogP contribution in [0.3, 0.4) is 0 Å². The number of benzene rings is 1. The minimum absolute atomic E-state index is 0.0116. The van der Waals surface area contributed by atoms with Gasteiger partial charge in [-0.3, -0.25) is 4.79 Å². The monoisotopic (exact) mass is 296 g/mol. The van der Waals surface area contributed by atoms with Gasteiger partial charge in [-0.05, 0) is 51.5 Å². The number of aromatic hydroxyl groups is 1. The molecule has 0 saturated heterocycles. The Labute approximate surface area is 126 Å². The lowest BCUT2D eigenvalue weighted by atomic mass is 10.1. The summed E-state index contributed by atoms with van der Waals surface area (Å²) in [6.45, 7) is 9.26. The molecule has 0 bridgehead atoms. The lowest BCUT2D eigenvalue weighted by Gasteiger charge is -2.20. The summed E-state index contributed by atoms with van der Waals surface area (Å²) in [7, 11) is 0. The molecule has 1 rings (SSSR count). The fraction of sp³-hybridized carbons (Fsp3) is 0.562. The van der Waals surface area contributed by atoms with E-state index >= 15 is 0 Å². The van der Waals surface area contributed by atoms with E-state index in [1.807, 2.05) is 6.92 Å². The Hall–Kier alpha value is -1.62. The van der Waals surface area contributed by atoms with E-state index in [2.05, 4.69) is 24.1 Å². The Morgan fingerprint density at radius 3 is 2.62 bits per heavy atom. The molecule has 5 heteroatoms. The highest BCUT2D eigenvalue weighted by molar-refractivity contribution is 5.96. The Morgan fingerprint density at radius 2 is 2.05 bits per heavy atom. The largest absolute Gasteiger partial charge is 0.507 e. The van der Waals surface area contributed by atoms with Crippen molar-refractivity contribution in [3.05, 3.63) is 29.6 Å². The minimum atomic E-state index is -0.559. The maximum absolute atomic E-state index is 12.9. The maximum atomic E-state index is 12.9. The van der Waals surface area contributed by atoms with Gasteiger partial charge in [0.15, 0.2) is 0 Å². The number of rotatable bonds is 8. The van der Waals surface area contributed by atoms with Crippen molar-refractivity contribution < 1.29 is 14.3 Å². The van der Waals surface area contributed by atoms with Crippen LogP contribution in [0.15, 0.2) is 18.2 Å². The van der Waals surface area contributed by atoms with Gasteiger partial charge in [0.05, 0.1) is 5.56 Å². The van der Waals surface area contributed by atoms with Crippen molar-refractivity contribution in [1.82, 2.24) is 10.2 Å². The van der Waals surface area contributed by atoms with Gasteiger partial charge in [0.2, 0.25) is 0 Å². The Bertz CT molecular complexity index is 462. The Morgan fingerprint density at radius 1 is 1.38 bits per heavy atom. The number of nitrogens with zero attached hydrogens (tertiary/aromatic N) is 1. The van der Waals surface area contributed by atoms with E-state index in [-0.39, 0.29) is 23.3 Å². The van der Waals surface area contributed by atoms with Gasteiger partial charge in [-0.2, -0.15) is 0 Å². The molecule has 0 aliphatic carbocycles. The van der Waals surface area contributed by atoms with Gasteiger partial charge in [0, 0.05) is 12.1 Å². The number of phenols is 1. The van der Waals surface area contributed by atoms with Crippen LogP contribution in [0.25, 0.3) is 0 Å². The number of nitrogens with one attached hydrogen (secondary N) is 1. The van der Waals surface area contributed by atoms with Crippen molar-refractivity contribution in [2.24, 2.45) is 0 Å². The lowest BCUT2D eigenvalue weighted by molar-refractivity contribution is 0.0934. The quantitative estimate of drug-likeness (QED) is 0.775. The molecule has 1 aromatic carbocycles. The molecule has 0 aliphatic rings. The third kappa shape index (κ3) is 5.71. The molecule has 1 unspecified atom stereocenters. The maximum Gasteiger partial charge on any atom is 0.255 e. The molecule has 1 atom stereocenters. The van der Waals surface area contributed by atoms with Gasteiger partial charge in [0.1, 0.15) is 11.6 Å². The predicted molar refractivity (Wildman–Crippen MR) is 82.0 cm³/mol. The zero-order valence-electron chi connectivity index (χ0n) is 13.0. The summed E-state index contributed by atoms with van der Waals surface area (Å²) in [5.74, 6) is -1.26. The van der Waals surface area contributed by atoms with Gasteiger partial charge < -0.3 is 15.3 Å². The van der Waals surface area contributed by atoms with E-state index in [0.717, 1.165) is 38.5 Å². The van der Waals surface area contributed by atoms with E-state index in [0.29, 0.717) is 0 Å². The summed E-state index contributed by atoms with van der Waals surface area (Å²) in [4.78, 5) is 14.3. The first-order valence-corrected chi connectivity index (χ1v) is 7.49. The first kappa shape index (κ1) is 17.4. The van der Waals surface area contributed by atoms with Crippen molar-refractivity contribution in [3.8, 4) is 5.75 Å². The molecule has 1 aromatic rings. The number of phenolic OH excluding ortho intramolecular Hbond substituents is 1. The van der Waals surface area contributed by atoms with Crippen LogP contribution >= 0.6 is 0 Å². The lowest BCUT2D eigenvalue weighted by Crippen LogP contribution is -2.33. The number of halogens is 1. The van der Waals surface area contributed by atoms with E-state index in [1.165, 1.54) is 12.1 Å². The Balaban J connectivity index is 2.43. The molecule has 0 spiro atoms. The predicted octanol–water partition coefficient (Wildman–Crippen LogP) is 2.77. The first-order chi connectivity index (χ1) is 9.97. The van der Waals surface area contributed by atoms with E-state index in [1.54, 1.807) is 0 Å². The molecular formula is C16H25FN2O2. The summed E-state index contributed by atoms with van der Waals surface area (Å²) in [5, 5.41) is 12.4. The van der Waals surface area contributed by atoms with Gasteiger partial charge in [0.25, 0.3) is 5.91 Å². The molecule has 4 nitrogen and oxygen atoms in total. The van der Waals surface area contributed by atoms with E-state index in [4.69, 9.17) is 0 Å². The summed E-state index contributed by atoms with van der Waals surface area (Å²) in [6, 6.07) is 3.42. The van der Waals surface area contributed by atoms with Crippen LogP contribution in [-0.4, -0.2) is 41.6 Å². The fourth-order valence-electron chi connectivity index (χ4n) is 2.23. The molecule has 0 radical (unpaired) electrons. The number of amides is 1. The third-order valence-electron chi connectivity index (χ3n) is 3.59. The molecule has 0 saturated carbocycles. The number of carbonyl (C=O) groups excluding carboxylic acids is 1. The zero-order valence-corrected chi connectivity index (χ0v) is 13.0. The molecule has 21 heavy (non-hydrogen) atoms. The van der Waals surface area contributed by atoms with Crippen LogP contribution in [0.5, 0.6) is 5.75 Å². The van der Waals surface area contributed by atoms with Gasteiger partial charge in [-0.25, -0.2) is 4.39 Å². The van der Waals surface area contributed by atoms with Crippen LogP contribution in [0.2, 0.25) is 0 Å². The normalized spacial score (nSPS) is 12.4. The molecule has 1 amide bonds. The molecule has 118 valence electrons. The average molecular weight is 296 g/mol. The smallest absolute Gasteiger partial charge is 0.255 e. The van der Waals surface area contributed by atoms with Gasteiger partial charge in [-0.1, -0.05) is 13.8 Å². The van der Waals surface area contributed by atoms with Crippen molar-refractivity contribution in [2.45, 2.75) is 39.7 Å². The van der Waals surface area contributed by atoms with E-state index < -0.39 is 5.82 Å². The summed E-state index contributed by atoms with van der Waals surface area (Å²) >= 11 is 0. The zero-order chi connectivity index (χ0) is 15.8. The number of hydrogen-bond donors (Lipinski definition) is 2.